The summed E-state index contributed by atoms with van der Waals surface area (Å²) in [5, 5.41) is 7.76. The van der Waals surface area contributed by atoms with Crippen LogP contribution in [-0.4, -0.2) is 63.6 Å². The summed E-state index contributed by atoms with van der Waals surface area (Å²) >= 11 is 0. The summed E-state index contributed by atoms with van der Waals surface area (Å²) in [4.78, 5) is 22.5. The van der Waals surface area contributed by atoms with Gasteiger partial charge in [-0.25, -0.2) is 4.98 Å². The Morgan fingerprint density at radius 1 is 1.07 bits per heavy atom. The lowest BCUT2D eigenvalue weighted by Gasteiger charge is -2.28. The van der Waals surface area contributed by atoms with Crippen molar-refractivity contribution < 1.29 is 4.79 Å². The van der Waals surface area contributed by atoms with E-state index in [4.69, 9.17) is 4.98 Å². The molecule has 2 aliphatic carbocycles. The Bertz CT molecular complexity index is 668. The molecule has 0 aromatic carbocycles. The van der Waals surface area contributed by atoms with E-state index in [-0.39, 0.29) is 5.41 Å². The third kappa shape index (κ3) is 3.53. The molecule has 1 atom stereocenters. The molecule has 2 saturated heterocycles. The highest BCUT2D eigenvalue weighted by Crippen LogP contribution is 2.53. The minimum absolute atomic E-state index is 0.231. The van der Waals surface area contributed by atoms with Crippen molar-refractivity contribution in [1.82, 2.24) is 25.0 Å². The lowest BCUT2D eigenvalue weighted by molar-refractivity contribution is -0.131. The van der Waals surface area contributed by atoms with Crippen LogP contribution in [0.1, 0.15) is 87.7 Å². The van der Waals surface area contributed by atoms with Crippen LogP contribution in [-0.2, 0) is 4.79 Å². The Balaban J connectivity index is 1.30. The number of likely N-dealkylation sites (tertiary alicyclic amines) is 2. The average Bonchev–Trinajstić information content (AvgIpc) is 3.15. The van der Waals surface area contributed by atoms with Crippen LogP contribution < -0.4 is 0 Å². The van der Waals surface area contributed by atoms with Gasteiger partial charge in [0, 0.05) is 24.9 Å². The van der Waals surface area contributed by atoms with Gasteiger partial charge in [0.15, 0.2) is 5.82 Å². The molecule has 3 heterocycles. The number of carbonyl (C=O) groups excluding carboxylic acids is 1. The van der Waals surface area contributed by atoms with E-state index in [9.17, 15) is 4.79 Å². The molecule has 1 spiro atoms. The second kappa shape index (κ2) is 7.19. The summed E-state index contributed by atoms with van der Waals surface area (Å²) in [6, 6.07) is 0. The molecule has 2 aliphatic heterocycles. The molecule has 5 rings (SSSR count). The van der Waals surface area contributed by atoms with Gasteiger partial charge in [-0.1, -0.05) is 25.7 Å². The standard InChI is InChI=1S/C21H33N5O/c27-18(14-25-11-5-1-2-6-12-25)26-13-17(21(15-26)9-3-4-10-21)20-22-19(23-24-20)16-7-8-16/h16-17H,1-15H2,(H,22,23,24). The monoisotopic (exact) mass is 371 g/mol. The van der Waals surface area contributed by atoms with Crippen LogP contribution >= 0.6 is 0 Å². The molecule has 1 aromatic rings. The first-order chi connectivity index (χ1) is 13.2. The van der Waals surface area contributed by atoms with Crippen molar-refractivity contribution in [3.63, 3.8) is 0 Å². The molecule has 1 N–H and O–H groups in total. The van der Waals surface area contributed by atoms with Crippen molar-refractivity contribution in [2.75, 3.05) is 32.7 Å². The summed E-state index contributed by atoms with van der Waals surface area (Å²) in [7, 11) is 0. The van der Waals surface area contributed by atoms with Crippen LogP contribution in [0.5, 0.6) is 0 Å². The molecule has 148 valence electrons. The maximum atomic E-state index is 13.1. The lowest BCUT2D eigenvalue weighted by Crippen LogP contribution is -2.40. The number of amides is 1. The first-order valence-electron chi connectivity index (χ1n) is 11.2. The number of hydrogen-bond donors (Lipinski definition) is 1. The molecule has 6 heteroatoms. The third-order valence-corrected chi connectivity index (χ3v) is 7.45. The Hall–Kier alpha value is -1.43. The number of aromatic amines is 1. The minimum atomic E-state index is 0.231. The molecule has 4 fully saturated rings. The van der Waals surface area contributed by atoms with E-state index in [0.717, 1.165) is 37.8 Å². The normalized spacial score (nSPS) is 28.7. The lowest BCUT2D eigenvalue weighted by atomic mass is 9.76. The van der Waals surface area contributed by atoms with Crippen molar-refractivity contribution in [2.45, 2.75) is 76.0 Å². The fraction of sp³-hybridized carbons (Fsp3) is 0.857. The second-order valence-corrected chi connectivity index (χ2v) is 9.44. The van der Waals surface area contributed by atoms with Gasteiger partial charge >= 0.3 is 0 Å². The summed E-state index contributed by atoms with van der Waals surface area (Å²) in [5.74, 6) is 3.30. The zero-order chi connectivity index (χ0) is 18.3. The maximum absolute atomic E-state index is 13.1. The minimum Gasteiger partial charge on any atom is -0.340 e. The van der Waals surface area contributed by atoms with Gasteiger partial charge in [0.1, 0.15) is 5.82 Å². The van der Waals surface area contributed by atoms with E-state index in [1.54, 1.807) is 0 Å². The quantitative estimate of drug-likeness (QED) is 0.883. The highest BCUT2D eigenvalue weighted by Gasteiger charge is 2.51. The summed E-state index contributed by atoms with van der Waals surface area (Å²) in [6.45, 7) is 4.52. The van der Waals surface area contributed by atoms with Crippen LogP contribution in [0, 0.1) is 5.41 Å². The molecule has 0 radical (unpaired) electrons. The number of hydrogen-bond acceptors (Lipinski definition) is 4. The molecule has 27 heavy (non-hydrogen) atoms. The molecule has 0 bridgehead atoms. The number of carbonyl (C=O) groups is 1. The Morgan fingerprint density at radius 2 is 1.81 bits per heavy atom. The van der Waals surface area contributed by atoms with Crippen molar-refractivity contribution in [1.29, 1.82) is 0 Å². The van der Waals surface area contributed by atoms with E-state index in [1.807, 2.05) is 0 Å². The first kappa shape index (κ1) is 17.7. The topological polar surface area (TPSA) is 65.1 Å². The van der Waals surface area contributed by atoms with E-state index in [1.165, 1.54) is 64.2 Å². The summed E-state index contributed by atoms with van der Waals surface area (Å²) in [5.41, 5.74) is 0.231. The Morgan fingerprint density at radius 3 is 2.52 bits per heavy atom. The van der Waals surface area contributed by atoms with E-state index < -0.39 is 0 Å². The highest BCUT2D eigenvalue weighted by molar-refractivity contribution is 5.79. The van der Waals surface area contributed by atoms with Crippen LogP contribution in [0.15, 0.2) is 0 Å². The van der Waals surface area contributed by atoms with Gasteiger partial charge in [-0.3, -0.25) is 14.8 Å². The molecule has 1 unspecified atom stereocenters. The molecule has 6 nitrogen and oxygen atoms in total. The predicted octanol–water partition coefficient (Wildman–Crippen LogP) is 3.04. The molecule has 2 saturated carbocycles. The van der Waals surface area contributed by atoms with E-state index in [0.29, 0.717) is 24.3 Å². The summed E-state index contributed by atoms with van der Waals surface area (Å²) in [6.07, 6.45) is 12.6. The van der Waals surface area contributed by atoms with E-state index >= 15 is 0 Å². The molecule has 4 aliphatic rings. The van der Waals surface area contributed by atoms with Crippen molar-refractivity contribution >= 4 is 5.91 Å². The van der Waals surface area contributed by atoms with Crippen LogP contribution in [0.2, 0.25) is 0 Å². The molecule has 1 aromatic heterocycles. The fourth-order valence-electron chi connectivity index (χ4n) is 5.67. The first-order valence-corrected chi connectivity index (χ1v) is 11.2. The molecular formula is C21H33N5O. The number of aromatic nitrogens is 3. The van der Waals surface area contributed by atoms with Crippen LogP contribution in [0.25, 0.3) is 0 Å². The van der Waals surface area contributed by atoms with Gasteiger partial charge in [0.25, 0.3) is 0 Å². The largest absolute Gasteiger partial charge is 0.340 e. The van der Waals surface area contributed by atoms with Gasteiger partial charge in [-0.15, -0.1) is 0 Å². The zero-order valence-corrected chi connectivity index (χ0v) is 16.5. The number of rotatable bonds is 4. The Labute approximate surface area is 162 Å². The van der Waals surface area contributed by atoms with Crippen molar-refractivity contribution in [3.8, 4) is 0 Å². The zero-order valence-electron chi connectivity index (χ0n) is 16.5. The molecule has 1 amide bonds. The highest BCUT2D eigenvalue weighted by atomic mass is 16.2. The number of H-pyrrole nitrogens is 1. The van der Waals surface area contributed by atoms with Crippen LogP contribution in [0.3, 0.4) is 0 Å². The van der Waals surface area contributed by atoms with Gasteiger partial charge in [0.05, 0.1) is 6.54 Å². The number of nitrogens with one attached hydrogen (secondary N) is 1. The predicted molar refractivity (Wildman–Crippen MR) is 103 cm³/mol. The van der Waals surface area contributed by atoms with Crippen molar-refractivity contribution in [3.05, 3.63) is 11.6 Å². The summed E-state index contributed by atoms with van der Waals surface area (Å²) < 4.78 is 0. The molecular weight excluding hydrogens is 338 g/mol. The van der Waals surface area contributed by atoms with Gasteiger partial charge in [-0.2, -0.15) is 5.10 Å². The second-order valence-electron chi connectivity index (χ2n) is 9.44. The number of nitrogens with zero attached hydrogens (tertiary/aromatic N) is 4. The SMILES string of the molecule is O=C(CN1CCCCCC1)N1CC(c2nc(C3CC3)n[nH]2)C2(CCCC2)C1. The van der Waals surface area contributed by atoms with E-state index in [2.05, 4.69) is 20.0 Å². The fourth-order valence-corrected chi connectivity index (χ4v) is 5.67. The Kier molecular flexibility index (Phi) is 4.70. The average molecular weight is 372 g/mol. The smallest absolute Gasteiger partial charge is 0.236 e. The third-order valence-electron chi connectivity index (χ3n) is 7.45. The van der Waals surface area contributed by atoms with Gasteiger partial charge < -0.3 is 4.90 Å². The van der Waals surface area contributed by atoms with Crippen molar-refractivity contribution in [2.24, 2.45) is 5.41 Å². The maximum Gasteiger partial charge on any atom is 0.236 e. The van der Waals surface area contributed by atoms with Gasteiger partial charge in [0.2, 0.25) is 5.91 Å². The van der Waals surface area contributed by atoms with Crippen LogP contribution in [0.4, 0.5) is 0 Å². The van der Waals surface area contributed by atoms with Gasteiger partial charge in [-0.05, 0) is 57.0 Å².